The average Bonchev–Trinajstić information content (AvgIpc) is 2.71. The second kappa shape index (κ2) is 5.47. The van der Waals surface area contributed by atoms with Crippen molar-refractivity contribution < 1.29 is 9.90 Å². The third-order valence-corrected chi connectivity index (χ3v) is 3.74. The van der Waals surface area contributed by atoms with Gasteiger partial charge in [-0.3, -0.25) is 4.79 Å². The summed E-state index contributed by atoms with van der Waals surface area (Å²) in [7, 11) is 1.70. The van der Waals surface area contributed by atoms with Crippen molar-refractivity contribution in [3.05, 3.63) is 28.0 Å². The van der Waals surface area contributed by atoms with Crippen LogP contribution in [0.3, 0.4) is 0 Å². The molecule has 94 valence electrons. The molecule has 0 aliphatic rings. The molecule has 17 heavy (non-hydrogen) atoms. The van der Waals surface area contributed by atoms with Crippen molar-refractivity contribution in [3.8, 4) is 0 Å². The molecule has 0 bridgehead atoms. The van der Waals surface area contributed by atoms with Crippen LogP contribution in [-0.4, -0.2) is 35.1 Å². The van der Waals surface area contributed by atoms with E-state index in [1.165, 1.54) is 4.88 Å². The van der Waals surface area contributed by atoms with Crippen molar-refractivity contribution in [2.75, 3.05) is 13.7 Å². The summed E-state index contributed by atoms with van der Waals surface area (Å²) in [6.07, 6.45) is 3.35. The summed E-state index contributed by atoms with van der Waals surface area (Å²) in [5.74, 6) is -0.102. The summed E-state index contributed by atoms with van der Waals surface area (Å²) in [6.45, 7) is 5.63. The Morgan fingerprint density at radius 2 is 2.18 bits per heavy atom. The molecule has 3 nitrogen and oxygen atoms in total. The molecule has 1 amide bonds. The molecule has 0 aliphatic carbocycles. The molecule has 0 saturated carbocycles. The van der Waals surface area contributed by atoms with E-state index in [9.17, 15) is 9.90 Å². The number of aliphatic hydroxyl groups excluding tert-OH is 1. The summed E-state index contributed by atoms with van der Waals surface area (Å²) < 4.78 is 0. The van der Waals surface area contributed by atoms with Crippen LogP contribution in [0.15, 0.2) is 18.2 Å². The normalized spacial score (nSPS) is 12.1. The number of carbonyl (C=O) groups excluding carboxylic acids is 1. The van der Waals surface area contributed by atoms with Gasteiger partial charge in [0, 0.05) is 22.9 Å². The predicted octanol–water partition coefficient (Wildman–Crippen LogP) is 2.30. The second-order valence-electron chi connectivity index (χ2n) is 4.65. The Hall–Kier alpha value is -1.13. The Kier molecular flexibility index (Phi) is 4.48. The van der Waals surface area contributed by atoms with Crippen molar-refractivity contribution in [2.24, 2.45) is 0 Å². The van der Waals surface area contributed by atoms with Crippen LogP contribution in [0, 0.1) is 6.92 Å². The molecule has 0 radical (unpaired) electrons. The molecule has 4 heteroatoms. The maximum absolute atomic E-state index is 11.9. The Morgan fingerprint density at radius 3 is 2.65 bits per heavy atom. The van der Waals surface area contributed by atoms with E-state index in [-0.39, 0.29) is 12.5 Å². The number of likely N-dealkylation sites (N-methyl/N-ethyl adjacent to an activating group) is 1. The first-order chi connectivity index (χ1) is 7.86. The number of hydrogen-bond acceptors (Lipinski definition) is 3. The largest absolute Gasteiger partial charge is 0.394 e. The molecule has 1 heterocycles. The zero-order chi connectivity index (χ0) is 13.1. The molecule has 0 spiro atoms. The highest BCUT2D eigenvalue weighted by atomic mass is 32.1. The van der Waals surface area contributed by atoms with E-state index < -0.39 is 5.54 Å². The predicted molar refractivity (Wildman–Crippen MR) is 72.0 cm³/mol. The highest BCUT2D eigenvalue weighted by Gasteiger charge is 2.25. The van der Waals surface area contributed by atoms with Crippen molar-refractivity contribution in [1.29, 1.82) is 0 Å². The smallest absolute Gasteiger partial charge is 0.246 e. The summed E-state index contributed by atoms with van der Waals surface area (Å²) >= 11 is 1.65. The number of amides is 1. The Bertz CT molecular complexity index is 421. The van der Waals surface area contributed by atoms with Crippen LogP contribution >= 0.6 is 11.3 Å². The van der Waals surface area contributed by atoms with Gasteiger partial charge < -0.3 is 10.0 Å². The molecule has 1 aromatic rings. The fourth-order valence-corrected chi connectivity index (χ4v) is 1.99. The van der Waals surface area contributed by atoms with Crippen LogP contribution in [0.25, 0.3) is 6.08 Å². The van der Waals surface area contributed by atoms with Gasteiger partial charge in [0.25, 0.3) is 0 Å². The van der Waals surface area contributed by atoms with Gasteiger partial charge in [0.1, 0.15) is 0 Å². The van der Waals surface area contributed by atoms with Gasteiger partial charge in [-0.1, -0.05) is 0 Å². The SMILES string of the molecule is Cc1ccc(/C=C/C(=O)N(C)C(C)(C)CO)s1. The average molecular weight is 253 g/mol. The lowest BCUT2D eigenvalue weighted by atomic mass is 10.1. The molecule has 0 unspecified atom stereocenters. The molecule has 0 fully saturated rings. The van der Waals surface area contributed by atoms with E-state index in [2.05, 4.69) is 0 Å². The van der Waals surface area contributed by atoms with Gasteiger partial charge in [0.2, 0.25) is 5.91 Å². The number of rotatable bonds is 4. The lowest BCUT2D eigenvalue weighted by molar-refractivity contribution is -0.130. The van der Waals surface area contributed by atoms with Gasteiger partial charge in [-0.05, 0) is 39.0 Å². The van der Waals surface area contributed by atoms with Crippen molar-refractivity contribution >= 4 is 23.3 Å². The highest BCUT2D eigenvalue weighted by molar-refractivity contribution is 7.12. The molecule has 1 N–H and O–H groups in total. The third kappa shape index (κ3) is 3.68. The molecule has 0 saturated heterocycles. The summed E-state index contributed by atoms with van der Waals surface area (Å²) in [5.41, 5.74) is -0.535. The standard InChI is InChI=1S/C13H19NO2S/c1-10-5-6-11(17-10)7-8-12(16)14(4)13(2,3)9-15/h5-8,15H,9H2,1-4H3/b8-7+. The van der Waals surface area contributed by atoms with Gasteiger partial charge in [-0.2, -0.15) is 0 Å². The molecule has 0 aliphatic heterocycles. The van der Waals surface area contributed by atoms with Crippen LogP contribution in [0.1, 0.15) is 23.6 Å². The summed E-state index contributed by atoms with van der Waals surface area (Å²) in [4.78, 5) is 15.7. The maximum Gasteiger partial charge on any atom is 0.246 e. The second-order valence-corrected chi connectivity index (χ2v) is 5.97. The highest BCUT2D eigenvalue weighted by Crippen LogP contribution is 2.17. The minimum absolute atomic E-state index is 0.0544. The van der Waals surface area contributed by atoms with Gasteiger partial charge in [0.05, 0.1) is 12.1 Å². The number of nitrogens with zero attached hydrogens (tertiary/aromatic N) is 1. The molecular weight excluding hydrogens is 234 g/mol. The van der Waals surface area contributed by atoms with Crippen LogP contribution in [0.2, 0.25) is 0 Å². The van der Waals surface area contributed by atoms with Crippen LogP contribution in [-0.2, 0) is 4.79 Å². The van der Waals surface area contributed by atoms with E-state index in [0.717, 1.165) is 4.88 Å². The molecular formula is C13H19NO2S. The van der Waals surface area contributed by atoms with E-state index in [1.807, 2.05) is 39.0 Å². The van der Waals surface area contributed by atoms with E-state index in [1.54, 1.807) is 29.4 Å². The number of thiophene rings is 1. The minimum atomic E-state index is -0.535. The maximum atomic E-state index is 11.9. The van der Waals surface area contributed by atoms with Crippen molar-refractivity contribution in [1.82, 2.24) is 4.90 Å². The molecule has 0 aromatic carbocycles. The zero-order valence-electron chi connectivity index (χ0n) is 10.7. The fraction of sp³-hybridized carbons (Fsp3) is 0.462. The van der Waals surface area contributed by atoms with Crippen LogP contribution < -0.4 is 0 Å². The zero-order valence-corrected chi connectivity index (χ0v) is 11.5. The third-order valence-electron chi connectivity index (χ3n) is 2.78. The lowest BCUT2D eigenvalue weighted by Crippen LogP contribution is -2.47. The molecule has 0 atom stereocenters. The Balaban J connectivity index is 2.69. The first-order valence-electron chi connectivity index (χ1n) is 5.50. The topological polar surface area (TPSA) is 40.5 Å². The van der Waals surface area contributed by atoms with Crippen LogP contribution in [0.5, 0.6) is 0 Å². The van der Waals surface area contributed by atoms with Crippen LogP contribution in [0.4, 0.5) is 0 Å². The van der Waals surface area contributed by atoms with Gasteiger partial charge >= 0.3 is 0 Å². The van der Waals surface area contributed by atoms with E-state index in [4.69, 9.17) is 0 Å². The van der Waals surface area contributed by atoms with Gasteiger partial charge in [0.15, 0.2) is 0 Å². The Labute approximate surface area is 106 Å². The summed E-state index contributed by atoms with van der Waals surface area (Å²) in [6, 6.07) is 4.01. The van der Waals surface area contributed by atoms with Crippen molar-refractivity contribution in [2.45, 2.75) is 26.3 Å². The lowest BCUT2D eigenvalue weighted by Gasteiger charge is -2.33. The molecule has 1 aromatic heterocycles. The van der Waals surface area contributed by atoms with E-state index >= 15 is 0 Å². The molecule has 1 rings (SSSR count). The number of aryl methyl sites for hydroxylation is 1. The summed E-state index contributed by atoms with van der Waals surface area (Å²) in [5, 5.41) is 9.19. The fourth-order valence-electron chi connectivity index (χ4n) is 1.21. The quantitative estimate of drug-likeness (QED) is 0.836. The Morgan fingerprint density at radius 1 is 1.53 bits per heavy atom. The minimum Gasteiger partial charge on any atom is -0.394 e. The van der Waals surface area contributed by atoms with E-state index in [0.29, 0.717) is 0 Å². The first kappa shape index (κ1) is 13.9. The monoisotopic (exact) mass is 253 g/mol. The van der Waals surface area contributed by atoms with Gasteiger partial charge in [-0.15, -0.1) is 11.3 Å². The number of carbonyl (C=O) groups is 1. The van der Waals surface area contributed by atoms with Gasteiger partial charge in [-0.25, -0.2) is 0 Å². The van der Waals surface area contributed by atoms with Crippen molar-refractivity contribution in [3.63, 3.8) is 0 Å². The first-order valence-corrected chi connectivity index (χ1v) is 6.31. The number of hydrogen-bond donors (Lipinski definition) is 1. The number of aliphatic hydroxyl groups is 1.